The van der Waals surface area contributed by atoms with E-state index >= 15 is 0 Å². The Labute approximate surface area is 195 Å². The highest BCUT2D eigenvalue weighted by Crippen LogP contribution is 2.26. The third-order valence-corrected chi connectivity index (χ3v) is 5.63. The Morgan fingerprint density at radius 1 is 1.06 bits per heavy atom. The Kier molecular flexibility index (Phi) is 5.59. The molecule has 2 aromatic carbocycles. The van der Waals surface area contributed by atoms with Gasteiger partial charge < -0.3 is 5.32 Å². The van der Waals surface area contributed by atoms with E-state index in [0.717, 1.165) is 11.3 Å². The quantitative estimate of drug-likeness (QED) is 0.405. The third-order valence-electron chi connectivity index (χ3n) is 5.63. The summed E-state index contributed by atoms with van der Waals surface area (Å²) in [6.45, 7) is 3.83. The summed E-state index contributed by atoms with van der Waals surface area (Å²) in [6, 6.07) is 17.5. The van der Waals surface area contributed by atoms with Gasteiger partial charge in [-0.2, -0.15) is 14.9 Å². The topological polar surface area (TPSA) is 90.5 Å². The Morgan fingerprint density at radius 3 is 2.56 bits per heavy atom. The second-order valence-electron chi connectivity index (χ2n) is 7.91. The summed E-state index contributed by atoms with van der Waals surface area (Å²) in [5, 5.41) is 12.6. The van der Waals surface area contributed by atoms with E-state index in [-0.39, 0.29) is 17.6 Å². The lowest BCUT2D eigenvalue weighted by atomic mass is 9.96. The first-order chi connectivity index (χ1) is 16.5. The average Bonchev–Trinajstić information content (AvgIpc) is 3.44. The molecule has 0 fully saturated rings. The molecular weight excluding hydrogens is 433 g/mol. The highest BCUT2D eigenvalue weighted by Gasteiger charge is 2.22. The maximum absolute atomic E-state index is 13.4. The van der Waals surface area contributed by atoms with Crippen molar-refractivity contribution in [1.82, 2.24) is 29.5 Å². The number of nitrogens with zero attached hydrogens (tertiary/aromatic N) is 6. The van der Waals surface area contributed by atoms with Crippen molar-refractivity contribution >= 4 is 22.8 Å². The minimum atomic E-state index is -0.330. The van der Waals surface area contributed by atoms with Crippen molar-refractivity contribution in [2.45, 2.75) is 26.2 Å². The van der Waals surface area contributed by atoms with Crippen LogP contribution in [0.15, 0.2) is 73.2 Å². The standard InChI is InChI=1S/C25H22FN7O/c1-3-20(17-7-5-4-6-8-17)25(34)30-22-13-16(2)31-33(22)24-21-14-29-32(23(21)27-15-28-24)19-11-9-18(26)10-12-19/h4-15,20H,3H2,1-2H3,(H,30,34)/t20-/m1/s1. The first-order valence-electron chi connectivity index (χ1n) is 10.9. The summed E-state index contributed by atoms with van der Waals surface area (Å²) < 4.78 is 16.6. The predicted octanol–water partition coefficient (Wildman–Crippen LogP) is 4.58. The van der Waals surface area contributed by atoms with Gasteiger partial charge in [0.1, 0.15) is 18.0 Å². The number of rotatable bonds is 6. The van der Waals surface area contributed by atoms with Gasteiger partial charge in [-0.25, -0.2) is 19.0 Å². The van der Waals surface area contributed by atoms with E-state index in [1.807, 2.05) is 44.2 Å². The molecule has 5 rings (SSSR count). The zero-order valence-electron chi connectivity index (χ0n) is 18.7. The van der Waals surface area contributed by atoms with Gasteiger partial charge in [0, 0.05) is 6.07 Å². The highest BCUT2D eigenvalue weighted by atomic mass is 19.1. The maximum Gasteiger partial charge on any atom is 0.233 e. The molecule has 5 aromatic rings. The van der Waals surface area contributed by atoms with Gasteiger partial charge in [0.25, 0.3) is 0 Å². The number of aromatic nitrogens is 6. The molecule has 0 aliphatic heterocycles. The van der Waals surface area contributed by atoms with Crippen molar-refractivity contribution in [3.05, 3.63) is 90.3 Å². The van der Waals surface area contributed by atoms with Crippen LogP contribution in [0.2, 0.25) is 0 Å². The largest absolute Gasteiger partial charge is 0.310 e. The molecule has 1 atom stereocenters. The molecule has 34 heavy (non-hydrogen) atoms. The molecule has 0 saturated carbocycles. The van der Waals surface area contributed by atoms with Gasteiger partial charge in [0.15, 0.2) is 11.5 Å². The molecule has 0 unspecified atom stereocenters. The summed E-state index contributed by atoms with van der Waals surface area (Å²) in [5.74, 6) is 0.239. The molecule has 0 aliphatic carbocycles. The number of aryl methyl sites for hydroxylation is 1. The normalized spacial score (nSPS) is 12.1. The zero-order valence-corrected chi connectivity index (χ0v) is 18.7. The second kappa shape index (κ2) is 8.86. The van der Waals surface area contributed by atoms with Gasteiger partial charge in [-0.05, 0) is 43.2 Å². The number of fused-ring (bicyclic) bond motifs is 1. The van der Waals surface area contributed by atoms with Crippen molar-refractivity contribution in [1.29, 1.82) is 0 Å². The summed E-state index contributed by atoms with van der Waals surface area (Å²) >= 11 is 0. The Hall–Kier alpha value is -4.40. The first-order valence-corrected chi connectivity index (χ1v) is 10.9. The lowest BCUT2D eigenvalue weighted by Crippen LogP contribution is -2.22. The van der Waals surface area contributed by atoms with Crippen molar-refractivity contribution in [3.63, 3.8) is 0 Å². The van der Waals surface area contributed by atoms with Crippen LogP contribution in [0.1, 0.15) is 30.5 Å². The van der Waals surface area contributed by atoms with Crippen LogP contribution in [0.3, 0.4) is 0 Å². The minimum Gasteiger partial charge on any atom is -0.310 e. The van der Waals surface area contributed by atoms with Crippen LogP contribution in [0.4, 0.5) is 10.2 Å². The Balaban J connectivity index is 1.53. The van der Waals surface area contributed by atoms with Crippen LogP contribution in [-0.2, 0) is 4.79 Å². The summed E-state index contributed by atoms with van der Waals surface area (Å²) in [5.41, 5.74) is 2.88. The van der Waals surface area contributed by atoms with Gasteiger partial charge >= 0.3 is 0 Å². The second-order valence-corrected chi connectivity index (χ2v) is 7.91. The molecule has 1 N–H and O–H groups in total. The highest BCUT2D eigenvalue weighted by molar-refractivity contribution is 5.96. The Bertz CT molecular complexity index is 1460. The van der Waals surface area contributed by atoms with E-state index in [9.17, 15) is 9.18 Å². The number of halogens is 1. The lowest BCUT2D eigenvalue weighted by molar-refractivity contribution is -0.117. The fraction of sp³-hybridized carbons (Fsp3) is 0.160. The van der Waals surface area contributed by atoms with Gasteiger partial charge in [-0.1, -0.05) is 37.3 Å². The predicted molar refractivity (Wildman–Crippen MR) is 127 cm³/mol. The number of hydrogen-bond acceptors (Lipinski definition) is 5. The molecule has 3 heterocycles. The SMILES string of the molecule is CC[C@@H](C(=O)Nc1cc(C)nn1-c1ncnc2c1cnn2-c1ccc(F)cc1)c1ccccc1. The minimum absolute atomic E-state index is 0.123. The van der Waals surface area contributed by atoms with Gasteiger partial charge in [-0.15, -0.1) is 0 Å². The molecule has 0 saturated heterocycles. The molecule has 9 heteroatoms. The van der Waals surface area contributed by atoms with Gasteiger partial charge in [0.2, 0.25) is 5.91 Å². The number of carbonyl (C=O) groups excluding carboxylic acids is 1. The molecule has 0 bridgehead atoms. The molecular formula is C25H22FN7O. The van der Waals surface area contributed by atoms with Crippen molar-refractivity contribution in [3.8, 4) is 11.5 Å². The van der Waals surface area contributed by atoms with E-state index in [0.29, 0.717) is 34.8 Å². The summed E-state index contributed by atoms with van der Waals surface area (Å²) in [7, 11) is 0. The number of benzene rings is 2. The molecule has 0 spiro atoms. The smallest absolute Gasteiger partial charge is 0.233 e. The van der Waals surface area contributed by atoms with Gasteiger partial charge in [-0.3, -0.25) is 4.79 Å². The van der Waals surface area contributed by atoms with Crippen molar-refractivity contribution in [2.24, 2.45) is 0 Å². The van der Waals surface area contributed by atoms with E-state index in [2.05, 4.69) is 25.5 Å². The fourth-order valence-corrected chi connectivity index (χ4v) is 3.99. The van der Waals surface area contributed by atoms with Crippen LogP contribution in [0.25, 0.3) is 22.5 Å². The maximum atomic E-state index is 13.4. The van der Waals surface area contributed by atoms with Gasteiger partial charge in [0.05, 0.1) is 28.9 Å². The van der Waals surface area contributed by atoms with E-state index in [1.165, 1.54) is 18.5 Å². The number of hydrogen-bond donors (Lipinski definition) is 1. The number of carbonyl (C=O) groups is 1. The van der Waals surface area contributed by atoms with Crippen molar-refractivity contribution in [2.75, 3.05) is 5.32 Å². The molecule has 1 amide bonds. The van der Waals surface area contributed by atoms with E-state index in [4.69, 9.17) is 0 Å². The van der Waals surface area contributed by atoms with Crippen LogP contribution in [-0.4, -0.2) is 35.4 Å². The van der Waals surface area contributed by atoms with E-state index in [1.54, 1.807) is 33.8 Å². The number of anilines is 1. The monoisotopic (exact) mass is 455 g/mol. The number of nitrogens with one attached hydrogen (secondary N) is 1. The van der Waals surface area contributed by atoms with Crippen LogP contribution >= 0.6 is 0 Å². The third kappa shape index (κ3) is 3.92. The van der Waals surface area contributed by atoms with Crippen LogP contribution in [0, 0.1) is 12.7 Å². The van der Waals surface area contributed by atoms with Crippen LogP contribution in [0.5, 0.6) is 0 Å². The zero-order chi connectivity index (χ0) is 23.7. The number of amides is 1. The molecule has 3 aromatic heterocycles. The summed E-state index contributed by atoms with van der Waals surface area (Å²) in [4.78, 5) is 22.0. The molecule has 8 nitrogen and oxygen atoms in total. The Morgan fingerprint density at radius 2 is 1.82 bits per heavy atom. The first kappa shape index (κ1) is 21.4. The molecule has 170 valence electrons. The van der Waals surface area contributed by atoms with E-state index < -0.39 is 0 Å². The summed E-state index contributed by atoms with van der Waals surface area (Å²) in [6.07, 6.45) is 3.71. The fourth-order valence-electron chi connectivity index (χ4n) is 3.99. The average molecular weight is 455 g/mol. The van der Waals surface area contributed by atoms with Crippen molar-refractivity contribution < 1.29 is 9.18 Å². The molecule has 0 radical (unpaired) electrons. The van der Waals surface area contributed by atoms with Crippen LogP contribution < -0.4 is 5.32 Å². The lowest BCUT2D eigenvalue weighted by Gasteiger charge is -2.16. The molecule has 0 aliphatic rings.